The van der Waals surface area contributed by atoms with Crippen LogP contribution < -0.4 is 15.6 Å². The number of nitrogens with zero attached hydrogens (tertiary/aromatic N) is 1. The van der Waals surface area contributed by atoms with Gasteiger partial charge in [-0.3, -0.25) is 0 Å². The third-order valence-electron chi connectivity index (χ3n) is 7.72. The fourth-order valence-electron chi connectivity index (χ4n) is 5.48. The Kier molecular flexibility index (Phi) is 8.45. The molecular weight excluding hydrogens is 463 g/mol. The van der Waals surface area contributed by atoms with E-state index in [9.17, 15) is 9.90 Å². The first-order valence-corrected chi connectivity index (χ1v) is 18.6. The zero-order valence-electron chi connectivity index (χ0n) is 21.5. The zero-order chi connectivity index (χ0) is 24.9. The van der Waals surface area contributed by atoms with Crippen LogP contribution in [0, 0.1) is 0 Å². The van der Waals surface area contributed by atoms with Gasteiger partial charge in [0.2, 0.25) is 0 Å². The Bertz CT molecular complexity index is 1000. The van der Waals surface area contributed by atoms with Crippen LogP contribution in [0.25, 0.3) is 0 Å². The molecule has 1 unspecified atom stereocenters. The van der Waals surface area contributed by atoms with Crippen LogP contribution in [-0.4, -0.2) is 50.8 Å². The molecule has 0 spiro atoms. The smallest absolute Gasteiger partial charge is 0.255 e. The summed E-state index contributed by atoms with van der Waals surface area (Å²) in [6.07, 6.45) is 3.43. The van der Waals surface area contributed by atoms with E-state index in [2.05, 4.69) is 97.3 Å². The third-order valence-corrected chi connectivity index (χ3v) is 14.0. The maximum Gasteiger partial charge on any atom is 0.255 e. The van der Waals surface area contributed by atoms with Gasteiger partial charge in [0.1, 0.15) is 0 Å². The first-order chi connectivity index (χ1) is 16.8. The molecule has 1 aliphatic heterocycles. The Hall–Kier alpha value is -2.03. The minimum atomic E-state index is -2.81. The fourth-order valence-corrected chi connectivity index (χ4v) is 10.4. The Balaban J connectivity index is 1.32. The molecule has 5 heteroatoms. The second-order valence-corrected chi connectivity index (χ2v) is 19.7. The number of rotatable bonds is 9. The van der Waals surface area contributed by atoms with Crippen molar-refractivity contribution in [2.45, 2.75) is 57.0 Å². The summed E-state index contributed by atoms with van der Waals surface area (Å²) in [6.45, 7) is 10.1. The maximum absolute atomic E-state index is 12.2. The Morgan fingerprint density at radius 3 is 1.77 bits per heavy atom. The van der Waals surface area contributed by atoms with Crippen LogP contribution in [0.15, 0.2) is 84.9 Å². The number of hydrogen-bond acceptors (Lipinski definition) is 3. The van der Waals surface area contributed by atoms with Crippen LogP contribution in [0.4, 0.5) is 0 Å². The number of hydrogen-bond donors (Lipinski definition) is 2. The van der Waals surface area contributed by atoms with E-state index in [-0.39, 0.29) is 0 Å². The normalized spacial score (nSPS) is 16.8. The molecule has 2 N–H and O–H groups in total. The Morgan fingerprint density at radius 1 is 0.771 bits per heavy atom. The van der Waals surface area contributed by atoms with Gasteiger partial charge in [-0.1, -0.05) is 110 Å². The molecule has 0 aliphatic carbocycles. The zero-order valence-corrected chi connectivity index (χ0v) is 23.5. The highest BCUT2D eigenvalue weighted by molar-refractivity contribution is 6.97. The van der Waals surface area contributed by atoms with E-state index in [1.165, 1.54) is 5.19 Å². The lowest BCUT2D eigenvalue weighted by molar-refractivity contribution is 0.150. The van der Waals surface area contributed by atoms with Crippen molar-refractivity contribution in [2.24, 2.45) is 0 Å². The van der Waals surface area contributed by atoms with Crippen molar-refractivity contribution in [1.82, 2.24) is 4.90 Å². The highest BCUT2D eigenvalue weighted by Gasteiger charge is 2.44. The van der Waals surface area contributed by atoms with Crippen LogP contribution in [0.5, 0.6) is 0 Å². The third kappa shape index (κ3) is 6.22. The van der Waals surface area contributed by atoms with E-state index < -0.39 is 22.5 Å². The quantitative estimate of drug-likeness (QED) is 0.429. The van der Waals surface area contributed by atoms with Gasteiger partial charge in [-0.05, 0) is 66.8 Å². The van der Waals surface area contributed by atoms with Gasteiger partial charge < -0.3 is 14.8 Å². The number of aliphatic hydroxyl groups is 1. The molecule has 4 rings (SSSR count). The molecule has 0 amide bonds. The van der Waals surface area contributed by atoms with E-state index in [4.69, 9.17) is 0 Å². The minimum Gasteiger partial charge on any atom is -0.424 e. The molecule has 1 aliphatic rings. The largest absolute Gasteiger partial charge is 0.424 e. The molecule has 0 aromatic heterocycles. The van der Waals surface area contributed by atoms with Crippen LogP contribution in [0.3, 0.4) is 0 Å². The number of piperidine rings is 1. The summed E-state index contributed by atoms with van der Waals surface area (Å²) in [5.74, 6) is 0. The van der Waals surface area contributed by atoms with Gasteiger partial charge in [-0.2, -0.15) is 0 Å². The van der Waals surface area contributed by atoms with Crippen LogP contribution in [-0.2, 0) is 0 Å². The molecule has 186 valence electrons. The molecule has 3 aromatic rings. The fraction of sp³-hybridized carbons (Fsp3) is 0.400. The number of benzene rings is 3. The van der Waals surface area contributed by atoms with Crippen molar-refractivity contribution in [1.29, 1.82) is 0 Å². The first-order valence-electron chi connectivity index (χ1n) is 13.1. The molecule has 35 heavy (non-hydrogen) atoms. The summed E-state index contributed by atoms with van der Waals surface area (Å²) >= 11 is 0. The lowest BCUT2D eigenvalue weighted by Crippen LogP contribution is -2.63. The number of aliphatic hydroxyl groups excluding tert-OH is 1. The van der Waals surface area contributed by atoms with E-state index in [0.717, 1.165) is 61.3 Å². The molecule has 1 fully saturated rings. The number of likely N-dealkylation sites (tertiary alicyclic amines) is 1. The van der Waals surface area contributed by atoms with Crippen LogP contribution in [0.1, 0.15) is 37.4 Å². The van der Waals surface area contributed by atoms with Crippen molar-refractivity contribution < 1.29 is 9.90 Å². The average molecular weight is 504 g/mol. The van der Waals surface area contributed by atoms with Gasteiger partial charge in [-0.25, -0.2) is 0 Å². The standard InChI is InChI=1S/C30H41NO2Si2/c1-34(2,3)26-18-16-25(17-19-26)30(32)15-10-22-31-23-20-29(21-24-31)35(33,27-11-6-4-7-12-27)28-13-8-5-9-14-28/h4-9,11-14,16-19,29-30,32-33H,10,15,20-24H2,1-3H3. The molecule has 1 atom stereocenters. The molecule has 1 heterocycles. The summed E-state index contributed by atoms with van der Waals surface area (Å²) < 4.78 is 0. The summed E-state index contributed by atoms with van der Waals surface area (Å²) in [4.78, 5) is 14.7. The van der Waals surface area contributed by atoms with E-state index >= 15 is 0 Å². The monoisotopic (exact) mass is 503 g/mol. The highest BCUT2D eigenvalue weighted by atomic mass is 28.4. The van der Waals surface area contributed by atoms with Crippen molar-refractivity contribution in [3.63, 3.8) is 0 Å². The van der Waals surface area contributed by atoms with Crippen LogP contribution in [0.2, 0.25) is 25.2 Å². The van der Waals surface area contributed by atoms with Gasteiger partial charge in [0, 0.05) is 0 Å². The Morgan fingerprint density at radius 2 is 1.29 bits per heavy atom. The van der Waals surface area contributed by atoms with Crippen molar-refractivity contribution in [3.8, 4) is 0 Å². The summed E-state index contributed by atoms with van der Waals surface area (Å²) in [7, 11) is -4.11. The summed E-state index contributed by atoms with van der Waals surface area (Å²) in [5, 5.41) is 14.4. The average Bonchev–Trinajstić information content (AvgIpc) is 2.89. The molecule has 3 aromatic carbocycles. The predicted molar refractivity (Wildman–Crippen MR) is 153 cm³/mol. The lowest BCUT2D eigenvalue weighted by atomic mass is 10.0. The van der Waals surface area contributed by atoms with Gasteiger partial charge in [0.05, 0.1) is 14.2 Å². The molecule has 3 nitrogen and oxygen atoms in total. The molecular formula is C30H41NO2Si2. The van der Waals surface area contributed by atoms with Gasteiger partial charge in [0.25, 0.3) is 8.32 Å². The summed E-state index contributed by atoms with van der Waals surface area (Å²) in [6, 6.07) is 29.4. The highest BCUT2D eigenvalue weighted by Crippen LogP contribution is 2.31. The predicted octanol–water partition coefficient (Wildman–Crippen LogP) is 4.26. The summed E-state index contributed by atoms with van der Waals surface area (Å²) in [5.41, 5.74) is 1.35. The maximum atomic E-state index is 12.2. The van der Waals surface area contributed by atoms with Gasteiger partial charge in [-0.15, -0.1) is 0 Å². The van der Waals surface area contributed by atoms with E-state index in [0.29, 0.717) is 5.54 Å². The van der Waals surface area contributed by atoms with E-state index in [1.807, 2.05) is 12.1 Å². The Labute approximate surface area is 213 Å². The topological polar surface area (TPSA) is 43.7 Å². The van der Waals surface area contributed by atoms with Gasteiger partial charge >= 0.3 is 0 Å². The van der Waals surface area contributed by atoms with Crippen molar-refractivity contribution in [3.05, 3.63) is 90.5 Å². The van der Waals surface area contributed by atoms with Crippen molar-refractivity contribution >= 4 is 32.0 Å². The molecule has 1 saturated heterocycles. The molecule has 0 bridgehead atoms. The van der Waals surface area contributed by atoms with Crippen LogP contribution >= 0.6 is 0 Å². The molecule has 0 saturated carbocycles. The molecule has 0 radical (unpaired) electrons. The lowest BCUT2D eigenvalue weighted by Gasteiger charge is -2.40. The first kappa shape index (κ1) is 26.0. The second kappa shape index (κ2) is 11.4. The van der Waals surface area contributed by atoms with E-state index in [1.54, 1.807) is 0 Å². The minimum absolute atomic E-state index is 0.319. The van der Waals surface area contributed by atoms with Gasteiger partial charge in [0.15, 0.2) is 0 Å². The second-order valence-electron chi connectivity index (χ2n) is 11.1. The van der Waals surface area contributed by atoms with Crippen molar-refractivity contribution in [2.75, 3.05) is 19.6 Å². The SMILES string of the molecule is C[Si](C)(C)c1ccc(C(O)CCCN2CCC([Si](O)(c3ccccc3)c3ccccc3)CC2)cc1.